The van der Waals surface area contributed by atoms with E-state index in [0.29, 0.717) is 0 Å². The van der Waals surface area contributed by atoms with Gasteiger partial charge in [-0.1, -0.05) is 22.0 Å². The van der Waals surface area contributed by atoms with Gasteiger partial charge in [0.15, 0.2) is 9.84 Å². The quantitative estimate of drug-likeness (QED) is 0.556. The van der Waals surface area contributed by atoms with Crippen LogP contribution < -0.4 is 17.7 Å². The molecule has 0 unspecified atom stereocenters. The van der Waals surface area contributed by atoms with Gasteiger partial charge in [0.05, 0.1) is 5.75 Å². The molecule has 0 saturated carbocycles. The molecule has 4 nitrogen and oxygen atoms in total. The van der Waals surface area contributed by atoms with Crippen molar-refractivity contribution in [3.63, 3.8) is 0 Å². The van der Waals surface area contributed by atoms with Gasteiger partial charge in [0.2, 0.25) is 0 Å². The first-order valence-corrected chi connectivity index (χ1v) is 7.57. The average Bonchev–Trinajstić information content (AvgIpc) is 2.39. The molecule has 1 aromatic carbocycles. The Morgan fingerprint density at radius 2 is 2.06 bits per heavy atom. The van der Waals surface area contributed by atoms with E-state index in [-0.39, 0.29) is 30.0 Å². The monoisotopic (exact) mass is 341 g/mol. The largest absolute Gasteiger partial charge is 1.00 e. The van der Waals surface area contributed by atoms with E-state index >= 15 is 0 Å². The lowest BCUT2D eigenvalue weighted by Gasteiger charge is -2.10. The number of hydrogen-bond donors (Lipinski definition) is 2. The Hall–Kier alpha value is -0.140. The maximum Gasteiger partial charge on any atom is 0.159 e. The van der Waals surface area contributed by atoms with Crippen LogP contribution in [0.3, 0.4) is 0 Å². The Morgan fingerprint density at radius 1 is 1.35 bits per heavy atom. The summed E-state index contributed by atoms with van der Waals surface area (Å²) in [4.78, 5) is 0. The smallest absolute Gasteiger partial charge is 0.159 e. The van der Waals surface area contributed by atoms with Crippen molar-refractivity contribution in [1.29, 1.82) is 0 Å². The fourth-order valence-corrected chi connectivity index (χ4v) is 4.10. The number of aliphatic hydroxyl groups is 1. The van der Waals surface area contributed by atoms with Crippen molar-refractivity contribution in [2.45, 2.75) is 12.1 Å². The molecule has 1 aromatic rings. The van der Waals surface area contributed by atoms with Crippen LogP contribution in [0.5, 0.6) is 0 Å². The topological polar surface area (TPSA) is 71.0 Å². The molecule has 0 amide bonds. The van der Waals surface area contributed by atoms with Crippen LogP contribution in [0.4, 0.5) is 5.69 Å². The molecule has 1 aliphatic heterocycles. The van der Waals surface area contributed by atoms with Crippen molar-refractivity contribution < 1.29 is 31.2 Å². The Morgan fingerprint density at radius 3 is 2.59 bits per heavy atom. The molecular weight excluding hydrogens is 330 g/mol. The Kier molecular flexibility index (Phi) is 4.97. The molecule has 7 heteroatoms. The third kappa shape index (κ3) is 3.93. The fourth-order valence-electron chi connectivity index (χ4n) is 1.87. The van der Waals surface area contributed by atoms with Crippen molar-refractivity contribution in [2.24, 2.45) is 0 Å². The van der Waals surface area contributed by atoms with E-state index in [1.54, 1.807) is 0 Å². The summed E-state index contributed by atoms with van der Waals surface area (Å²) in [6, 6.07) is 7.28. The van der Waals surface area contributed by atoms with Crippen LogP contribution >= 0.6 is 15.9 Å². The van der Waals surface area contributed by atoms with Crippen LogP contribution in [-0.4, -0.2) is 37.2 Å². The van der Waals surface area contributed by atoms with Gasteiger partial charge < -0.3 is 22.8 Å². The lowest BCUT2D eigenvalue weighted by Crippen LogP contribution is -3.00. The maximum atomic E-state index is 11.3. The Balaban J connectivity index is 0.00000144. The summed E-state index contributed by atoms with van der Waals surface area (Å²) in [5.74, 6) is -0.0805. The lowest BCUT2D eigenvalue weighted by molar-refractivity contribution is -0.613. The molecule has 2 atom stereocenters. The van der Waals surface area contributed by atoms with E-state index in [0.717, 1.165) is 10.2 Å². The van der Waals surface area contributed by atoms with Gasteiger partial charge in [-0.25, -0.2) is 8.42 Å². The molecular formula is C10H13BrClNO3S. The van der Waals surface area contributed by atoms with Crippen LogP contribution in [0.25, 0.3) is 0 Å². The Labute approximate surface area is 115 Å². The number of benzene rings is 1. The molecule has 2 rings (SSSR count). The predicted octanol–water partition coefficient (Wildman–Crippen LogP) is -3.19. The second-order valence-corrected chi connectivity index (χ2v) is 7.10. The van der Waals surface area contributed by atoms with Crippen molar-refractivity contribution >= 4 is 31.5 Å². The summed E-state index contributed by atoms with van der Waals surface area (Å²) >= 11 is 3.35. The van der Waals surface area contributed by atoms with Crippen molar-refractivity contribution in [1.82, 2.24) is 0 Å². The van der Waals surface area contributed by atoms with Crippen LogP contribution in [0.1, 0.15) is 0 Å². The molecule has 17 heavy (non-hydrogen) atoms. The first-order valence-electron chi connectivity index (χ1n) is 4.95. The number of halogens is 2. The van der Waals surface area contributed by atoms with Gasteiger partial charge in [-0.2, -0.15) is 0 Å². The third-order valence-electron chi connectivity index (χ3n) is 2.62. The van der Waals surface area contributed by atoms with E-state index < -0.39 is 15.9 Å². The molecule has 96 valence electrons. The SMILES string of the molecule is O=S1(=O)C[C@@H](O)[C@H]([NH2+]c2cccc(Br)c2)C1.[Cl-]. The van der Waals surface area contributed by atoms with Gasteiger partial charge in [0, 0.05) is 10.5 Å². The van der Waals surface area contributed by atoms with Gasteiger partial charge >= 0.3 is 0 Å². The van der Waals surface area contributed by atoms with Crippen LogP contribution in [-0.2, 0) is 9.84 Å². The molecule has 1 heterocycles. The lowest BCUT2D eigenvalue weighted by atomic mass is 10.2. The molecule has 1 aliphatic rings. The second-order valence-electron chi connectivity index (χ2n) is 4.03. The molecule has 0 bridgehead atoms. The minimum absolute atomic E-state index is 0. The standard InChI is InChI=1S/C10H12BrNO3S.ClH/c11-7-2-1-3-8(4-7)12-9-5-16(14,15)6-10(9)13;/h1-4,9-10,12-13H,5-6H2;1H/t9-,10-;/m1./s1. The number of rotatable bonds is 2. The minimum Gasteiger partial charge on any atom is -1.00 e. The summed E-state index contributed by atoms with van der Waals surface area (Å²) < 4.78 is 23.6. The van der Waals surface area contributed by atoms with Gasteiger partial charge in [-0.15, -0.1) is 0 Å². The highest BCUT2D eigenvalue weighted by molar-refractivity contribution is 9.10. The number of aliphatic hydroxyl groups excluding tert-OH is 1. The zero-order valence-electron chi connectivity index (χ0n) is 8.88. The molecule has 0 spiro atoms. The number of nitrogens with two attached hydrogens (primary N) is 1. The zero-order chi connectivity index (χ0) is 11.8. The van der Waals surface area contributed by atoms with E-state index in [1.165, 1.54) is 0 Å². The van der Waals surface area contributed by atoms with Crippen molar-refractivity contribution in [2.75, 3.05) is 11.5 Å². The fraction of sp³-hybridized carbons (Fsp3) is 0.400. The highest BCUT2D eigenvalue weighted by Crippen LogP contribution is 2.14. The molecule has 0 aliphatic carbocycles. The zero-order valence-corrected chi connectivity index (χ0v) is 12.0. The summed E-state index contributed by atoms with van der Waals surface area (Å²) in [5.41, 5.74) is 0.926. The van der Waals surface area contributed by atoms with Gasteiger partial charge in [-0.05, 0) is 12.1 Å². The Bertz CT molecular complexity index is 494. The molecule has 1 fully saturated rings. The maximum absolute atomic E-state index is 11.3. The van der Waals surface area contributed by atoms with Crippen molar-refractivity contribution in [3.8, 4) is 0 Å². The highest BCUT2D eigenvalue weighted by Gasteiger charge is 2.39. The van der Waals surface area contributed by atoms with Gasteiger partial charge in [-0.3, -0.25) is 0 Å². The highest BCUT2D eigenvalue weighted by atomic mass is 79.9. The average molecular weight is 343 g/mol. The van der Waals surface area contributed by atoms with Crippen LogP contribution in [0.2, 0.25) is 0 Å². The second kappa shape index (κ2) is 5.67. The van der Waals surface area contributed by atoms with Crippen LogP contribution in [0, 0.1) is 0 Å². The molecule has 3 N–H and O–H groups in total. The summed E-state index contributed by atoms with van der Waals surface area (Å²) in [5, 5.41) is 11.5. The number of sulfone groups is 1. The van der Waals surface area contributed by atoms with Crippen molar-refractivity contribution in [3.05, 3.63) is 28.7 Å². The van der Waals surface area contributed by atoms with E-state index in [1.807, 2.05) is 29.6 Å². The summed E-state index contributed by atoms with van der Waals surface area (Å²) in [6.07, 6.45) is -0.774. The first kappa shape index (κ1) is 14.9. The van der Waals surface area contributed by atoms with Gasteiger partial charge in [0.25, 0.3) is 0 Å². The predicted molar refractivity (Wildman–Crippen MR) is 64.2 cm³/mol. The summed E-state index contributed by atoms with van der Waals surface area (Å²) in [6.45, 7) is 0. The molecule has 1 saturated heterocycles. The van der Waals surface area contributed by atoms with E-state index in [4.69, 9.17) is 0 Å². The van der Waals surface area contributed by atoms with E-state index in [9.17, 15) is 13.5 Å². The van der Waals surface area contributed by atoms with Gasteiger partial charge in [0.1, 0.15) is 23.6 Å². The molecule has 0 aromatic heterocycles. The minimum atomic E-state index is -3.07. The normalized spacial score (nSPS) is 26.5. The number of quaternary nitrogens is 1. The third-order valence-corrected chi connectivity index (χ3v) is 4.86. The summed E-state index contributed by atoms with van der Waals surface area (Å²) in [7, 11) is -3.07. The first-order chi connectivity index (χ1) is 7.46. The van der Waals surface area contributed by atoms with Crippen LogP contribution in [0.15, 0.2) is 28.7 Å². The molecule has 0 radical (unpaired) electrons. The number of hydrogen-bond acceptors (Lipinski definition) is 3. The van der Waals surface area contributed by atoms with E-state index in [2.05, 4.69) is 15.9 Å².